The van der Waals surface area contributed by atoms with Crippen LogP contribution in [0, 0.1) is 0 Å². The van der Waals surface area contributed by atoms with E-state index < -0.39 is 23.5 Å². The zero-order valence-electron chi connectivity index (χ0n) is 10.2. The van der Waals surface area contributed by atoms with Crippen LogP contribution in [0.2, 0.25) is 0 Å². The molecule has 2 N–H and O–H groups in total. The lowest BCUT2D eigenvalue weighted by Crippen LogP contribution is -2.56. The summed E-state index contributed by atoms with van der Waals surface area (Å²) in [6, 6.07) is 0. The summed E-state index contributed by atoms with van der Waals surface area (Å²) in [5.41, 5.74) is -2.11. The first kappa shape index (κ1) is 15.6. The van der Waals surface area contributed by atoms with Crippen molar-refractivity contribution in [2.24, 2.45) is 0 Å². The van der Waals surface area contributed by atoms with E-state index in [1.54, 1.807) is 0 Å². The third-order valence-electron chi connectivity index (χ3n) is 2.12. The smallest absolute Gasteiger partial charge is 0.396 e. The van der Waals surface area contributed by atoms with E-state index in [1.807, 2.05) is 0 Å². The number of carbonyl (C=O) groups is 2. The highest BCUT2D eigenvalue weighted by atomic mass is 16.9. The van der Waals surface area contributed by atoms with Crippen molar-refractivity contribution >= 4 is 11.9 Å². The molecule has 0 aliphatic heterocycles. The van der Waals surface area contributed by atoms with Gasteiger partial charge in [0.15, 0.2) is 5.60 Å². The van der Waals surface area contributed by atoms with Gasteiger partial charge in [-0.3, -0.25) is 9.59 Å². The Morgan fingerprint density at radius 1 is 1.18 bits per heavy atom. The molecule has 0 amide bonds. The molecule has 0 fully saturated rings. The van der Waals surface area contributed by atoms with E-state index in [-0.39, 0.29) is 12.8 Å². The van der Waals surface area contributed by atoms with E-state index in [0.717, 1.165) is 13.0 Å². The van der Waals surface area contributed by atoms with Crippen LogP contribution in [0.15, 0.2) is 12.7 Å². The highest BCUT2D eigenvalue weighted by molar-refractivity contribution is 5.71. The lowest BCUT2D eigenvalue weighted by Gasteiger charge is -2.36. The SMILES string of the molecule is C=CC(C)(O)C(O)(OC(=O)CC)OC(=O)CC. The van der Waals surface area contributed by atoms with Crippen molar-refractivity contribution in [2.75, 3.05) is 0 Å². The highest BCUT2D eigenvalue weighted by Gasteiger charge is 2.52. The third-order valence-corrected chi connectivity index (χ3v) is 2.12. The molecule has 6 nitrogen and oxygen atoms in total. The van der Waals surface area contributed by atoms with Crippen molar-refractivity contribution in [2.45, 2.75) is 45.2 Å². The standard InChI is InChI=1S/C11H18O6/c1-5-8(12)16-11(15,10(4,14)7-3)17-9(13)6-2/h7,14-15H,3,5-6H2,1-2,4H3. The summed E-state index contributed by atoms with van der Waals surface area (Å²) in [7, 11) is 0. The second kappa shape index (κ2) is 5.79. The van der Waals surface area contributed by atoms with Crippen LogP contribution >= 0.6 is 0 Å². The molecule has 0 aromatic rings. The summed E-state index contributed by atoms with van der Waals surface area (Å²) in [5.74, 6) is -4.41. The summed E-state index contributed by atoms with van der Waals surface area (Å²) >= 11 is 0. The highest BCUT2D eigenvalue weighted by Crippen LogP contribution is 2.27. The number of hydrogen-bond donors (Lipinski definition) is 2. The van der Waals surface area contributed by atoms with Gasteiger partial charge in [0.1, 0.15) is 0 Å². The molecule has 0 rings (SSSR count). The quantitative estimate of drug-likeness (QED) is 0.402. The minimum absolute atomic E-state index is 0.0425. The molecule has 98 valence electrons. The van der Waals surface area contributed by atoms with Gasteiger partial charge >= 0.3 is 17.9 Å². The van der Waals surface area contributed by atoms with E-state index in [4.69, 9.17) is 0 Å². The summed E-state index contributed by atoms with van der Waals surface area (Å²) in [5, 5.41) is 19.7. The van der Waals surface area contributed by atoms with E-state index in [0.29, 0.717) is 0 Å². The molecule has 0 saturated heterocycles. The molecule has 0 heterocycles. The Morgan fingerprint density at radius 2 is 1.53 bits per heavy atom. The number of ether oxygens (including phenoxy) is 2. The average molecular weight is 246 g/mol. The largest absolute Gasteiger partial charge is 0.407 e. The maximum Gasteiger partial charge on any atom is 0.407 e. The molecule has 6 heteroatoms. The molecule has 1 atom stereocenters. The zero-order chi connectivity index (χ0) is 13.7. The Hall–Kier alpha value is -1.40. The summed E-state index contributed by atoms with van der Waals surface area (Å²) < 4.78 is 9.14. The fourth-order valence-electron chi connectivity index (χ4n) is 0.809. The Balaban J connectivity index is 5.13. The Kier molecular flexibility index (Phi) is 5.31. The normalized spacial score (nSPS) is 14.6. The average Bonchev–Trinajstić information content (AvgIpc) is 2.28. The number of hydrogen-bond acceptors (Lipinski definition) is 6. The molecular weight excluding hydrogens is 228 g/mol. The van der Waals surface area contributed by atoms with Gasteiger partial charge in [-0.2, -0.15) is 0 Å². The number of esters is 2. The topological polar surface area (TPSA) is 93.1 Å². The van der Waals surface area contributed by atoms with Crippen molar-refractivity contribution in [3.8, 4) is 0 Å². The van der Waals surface area contributed by atoms with Crippen LogP contribution in [0.4, 0.5) is 0 Å². The Morgan fingerprint density at radius 3 is 1.76 bits per heavy atom. The zero-order valence-corrected chi connectivity index (χ0v) is 10.2. The number of rotatable bonds is 6. The van der Waals surface area contributed by atoms with Crippen LogP contribution in [-0.4, -0.2) is 33.7 Å². The van der Waals surface area contributed by atoms with Crippen LogP contribution < -0.4 is 0 Å². The molecular formula is C11H18O6. The van der Waals surface area contributed by atoms with Crippen LogP contribution in [-0.2, 0) is 19.1 Å². The Labute approximate surface area is 99.8 Å². The molecule has 0 aromatic heterocycles. The molecule has 0 aliphatic rings. The van der Waals surface area contributed by atoms with Crippen molar-refractivity contribution in [3.63, 3.8) is 0 Å². The monoisotopic (exact) mass is 246 g/mol. The van der Waals surface area contributed by atoms with Crippen LogP contribution in [0.5, 0.6) is 0 Å². The maximum absolute atomic E-state index is 11.1. The van der Waals surface area contributed by atoms with Crippen molar-refractivity contribution in [1.29, 1.82) is 0 Å². The third kappa shape index (κ3) is 3.83. The van der Waals surface area contributed by atoms with E-state index in [1.165, 1.54) is 13.8 Å². The van der Waals surface area contributed by atoms with E-state index in [9.17, 15) is 19.8 Å². The van der Waals surface area contributed by atoms with Crippen LogP contribution in [0.25, 0.3) is 0 Å². The predicted octanol–water partition coefficient (Wildman–Crippen LogP) is 0.476. The molecule has 17 heavy (non-hydrogen) atoms. The van der Waals surface area contributed by atoms with Crippen molar-refractivity contribution in [3.05, 3.63) is 12.7 Å². The summed E-state index contributed by atoms with van der Waals surface area (Å²) in [6.45, 7) is 7.36. The van der Waals surface area contributed by atoms with Gasteiger partial charge in [-0.1, -0.05) is 20.4 Å². The van der Waals surface area contributed by atoms with Gasteiger partial charge < -0.3 is 19.7 Å². The van der Waals surface area contributed by atoms with Gasteiger partial charge in [0.2, 0.25) is 0 Å². The summed E-state index contributed by atoms with van der Waals surface area (Å²) in [6.07, 6.45) is 0.831. The molecule has 0 aliphatic carbocycles. The van der Waals surface area contributed by atoms with Crippen molar-refractivity contribution in [1.82, 2.24) is 0 Å². The predicted molar refractivity (Wildman–Crippen MR) is 58.5 cm³/mol. The minimum atomic E-state index is -2.77. The second-order valence-corrected chi connectivity index (χ2v) is 3.59. The first-order valence-corrected chi connectivity index (χ1v) is 5.24. The molecule has 0 bridgehead atoms. The van der Waals surface area contributed by atoms with Crippen LogP contribution in [0.1, 0.15) is 33.6 Å². The maximum atomic E-state index is 11.1. The lowest BCUT2D eigenvalue weighted by atomic mass is 10.0. The van der Waals surface area contributed by atoms with Gasteiger partial charge in [-0.05, 0) is 13.0 Å². The summed E-state index contributed by atoms with van der Waals surface area (Å²) in [4.78, 5) is 22.3. The van der Waals surface area contributed by atoms with Gasteiger partial charge in [-0.25, -0.2) is 0 Å². The lowest BCUT2D eigenvalue weighted by molar-refractivity contribution is -0.377. The molecule has 0 saturated carbocycles. The molecule has 0 spiro atoms. The molecule has 0 radical (unpaired) electrons. The first-order valence-electron chi connectivity index (χ1n) is 5.24. The number of carbonyl (C=O) groups excluding carboxylic acids is 2. The van der Waals surface area contributed by atoms with Gasteiger partial charge in [-0.15, -0.1) is 0 Å². The fourth-order valence-corrected chi connectivity index (χ4v) is 0.809. The minimum Gasteiger partial charge on any atom is -0.396 e. The fraction of sp³-hybridized carbons (Fsp3) is 0.636. The van der Waals surface area contributed by atoms with Gasteiger partial charge in [0, 0.05) is 12.8 Å². The van der Waals surface area contributed by atoms with E-state index in [2.05, 4.69) is 16.1 Å². The Bertz CT molecular complexity index is 289. The number of aliphatic hydroxyl groups is 2. The van der Waals surface area contributed by atoms with Gasteiger partial charge in [0.05, 0.1) is 0 Å². The second-order valence-electron chi connectivity index (χ2n) is 3.59. The molecule has 0 aromatic carbocycles. The first-order chi connectivity index (χ1) is 7.72. The van der Waals surface area contributed by atoms with E-state index >= 15 is 0 Å². The van der Waals surface area contributed by atoms with Crippen LogP contribution in [0.3, 0.4) is 0 Å². The van der Waals surface area contributed by atoms with Crippen molar-refractivity contribution < 1.29 is 29.3 Å². The van der Waals surface area contributed by atoms with Gasteiger partial charge in [0.25, 0.3) is 0 Å². The molecule has 1 unspecified atom stereocenters.